The molecular formula is C32H60O4. The molecule has 36 heavy (non-hydrogen) atoms. The molecule has 0 saturated carbocycles. The highest BCUT2D eigenvalue weighted by molar-refractivity contribution is 5.66. The fourth-order valence-electron chi connectivity index (χ4n) is 4.94. The summed E-state index contributed by atoms with van der Waals surface area (Å²) in [7, 11) is 0. The third kappa shape index (κ3) is 28.9. The number of carboxylic acids is 2. The largest absolute Gasteiger partial charge is 0.481 e. The van der Waals surface area contributed by atoms with E-state index in [1.165, 1.54) is 135 Å². The fourth-order valence-corrected chi connectivity index (χ4v) is 4.94. The SMILES string of the molecule is CCCCCCC=C(CCCCCCCCCCCCCCCC(=O)O)CCCCCCCC(=O)O. The Balaban J connectivity index is 3.74. The minimum atomic E-state index is -0.665. The summed E-state index contributed by atoms with van der Waals surface area (Å²) in [6.07, 6.45) is 34.4. The predicted molar refractivity (Wildman–Crippen MR) is 154 cm³/mol. The van der Waals surface area contributed by atoms with Crippen LogP contribution in [0.1, 0.15) is 180 Å². The number of hydrogen-bond donors (Lipinski definition) is 2. The molecule has 0 aromatic heterocycles. The van der Waals surface area contributed by atoms with Crippen molar-refractivity contribution in [1.82, 2.24) is 0 Å². The second kappa shape index (κ2) is 28.3. The van der Waals surface area contributed by atoms with E-state index in [0.29, 0.717) is 12.8 Å². The van der Waals surface area contributed by atoms with Crippen LogP contribution >= 0.6 is 0 Å². The molecule has 4 heteroatoms. The van der Waals surface area contributed by atoms with E-state index in [9.17, 15) is 9.59 Å². The Morgan fingerprint density at radius 2 is 0.750 bits per heavy atom. The first-order valence-electron chi connectivity index (χ1n) is 15.7. The van der Waals surface area contributed by atoms with E-state index in [4.69, 9.17) is 10.2 Å². The van der Waals surface area contributed by atoms with Crippen molar-refractivity contribution >= 4 is 11.9 Å². The van der Waals surface area contributed by atoms with Crippen LogP contribution in [0.25, 0.3) is 0 Å². The van der Waals surface area contributed by atoms with Gasteiger partial charge in [0.15, 0.2) is 0 Å². The standard InChI is InChI=1S/C32H60O4/c1-2-3-4-15-20-25-30(27-22-17-14-19-24-29-32(35)36)26-21-16-12-10-8-6-5-7-9-11-13-18-23-28-31(33)34/h25H,2-24,26-29H2,1H3,(H,33,34)(H,35,36). The quantitative estimate of drug-likeness (QED) is 0.0778. The van der Waals surface area contributed by atoms with Gasteiger partial charge in [0.2, 0.25) is 0 Å². The highest BCUT2D eigenvalue weighted by Gasteiger charge is 2.02. The zero-order valence-electron chi connectivity index (χ0n) is 23.9. The van der Waals surface area contributed by atoms with Crippen molar-refractivity contribution in [3.63, 3.8) is 0 Å². The van der Waals surface area contributed by atoms with Crippen LogP contribution < -0.4 is 0 Å². The first-order chi connectivity index (χ1) is 17.6. The number of allylic oxidation sites excluding steroid dienone is 2. The van der Waals surface area contributed by atoms with Crippen molar-refractivity contribution < 1.29 is 19.8 Å². The fraction of sp³-hybridized carbons (Fsp3) is 0.875. The van der Waals surface area contributed by atoms with Crippen molar-refractivity contribution in [3.8, 4) is 0 Å². The molecule has 0 spiro atoms. The second-order valence-electron chi connectivity index (χ2n) is 10.9. The molecule has 0 aliphatic carbocycles. The van der Waals surface area contributed by atoms with Gasteiger partial charge in [-0.3, -0.25) is 9.59 Å². The number of hydrogen-bond acceptors (Lipinski definition) is 2. The number of rotatable bonds is 29. The molecule has 0 radical (unpaired) electrons. The van der Waals surface area contributed by atoms with Gasteiger partial charge in [-0.1, -0.05) is 128 Å². The lowest BCUT2D eigenvalue weighted by molar-refractivity contribution is -0.138. The van der Waals surface area contributed by atoms with Crippen LogP contribution in [0, 0.1) is 0 Å². The molecule has 4 nitrogen and oxygen atoms in total. The normalized spacial score (nSPS) is 11.8. The van der Waals surface area contributed by atoms with Gasteiger partial charge in [-0.25, -0.2) is 0 Å². The maximum atomic E-state index is 10.6. The lowest BCUT2D eigenvalue weighted by atomic mass is 9.97. The number of unbranched alkanes of at least 4 members (excludes halogenated alkanes) is 20. The lowest BCUT2D eigenvalue weighted by Gasteiger charge is -2.09. The van der Waals surface area contributed by atoms with Crippen LogP contribution in [0.2, 0.25) is 0 Å². The van der Waals surface area contributed by atoms with Crippen molar-refractivity contribution in [2.75, 3.05) is 0 Å². The van der Waals surface area contributed by atoms with Crippen molar-refractivity contribution in [2.24, 2.45) is 0 Å². The van der Waals surface area contributed by atoms with Gasteiger partial charge in [0.05, 0.1) is 0 Å². The van der Waals surface area contributed by atoms with E-state index in [2.05, 4.69) is 13.0 Å². The van der Waals surface area contributed by atoms with E-state index in [1.807, 2.05) is 0 Å². The maximum absolute atomic E-state index is 10.6. The Kier molecular flexibility index (Phi) is 27.2. The Bertz CT molecular complexity index is 526. The predicted octanol–water partition coefficient (Wildman–Crippen LogP) is 10.6. The highest BCUT2D eigenvalue weighted by atomic mass is 16.4. The van der Waals surface area contributed by atoms with Crippen molar-refractivity contribution in [1.29, 1.82) is 0 Å². The van der Waals surface area contributed by atoms with Crippen molar-refractivity contribution in [3.05, 3.63) is 11.6 Å². The molecule has 0 rings (SSSR count). The van der Waals surface area contributed by atoms with Gasteiger partial charge in [0.25, 0.3) is 0 Å². The van der Waals surface area contributed by atoms with Gasteiger partial charge < -0.3 is 10.2 Å². The molecule has 0 unspecified atom stereocenters. The van der Waals surface area contributed by atoms with E-state index >= 15 is 0 Å². The Morgan fingerprint density at radius 1 is 0.444 bits per heavy atom. The molecule has 0 saturated heterocycles. The Labute approximate surface area is 223 Å². The molecule has 0 bridgehead atoms. The molecule has 0 aromatic rings. The van der Waals surface area contributed by atoms with E-state index in [1.54, 1.807) is 5.57 Å². The number of carbonyl (C=O) groups is 2. The highest BCUT2D eigenvalue weighted by Crippen LogP contribution is 2.20. The molecule has 0 aliphatic rings. The topological polar surface area (TPSA) is 74.6 Å². The van der Waals surface area contributed by atoms with Crippen LogP contribution in [-0.4, -0.2) is 22.2 Å². The second-order valence-corrected chi connectivity index (χ2v) is 10.9. The van der Waals surface area contributed by atoms with E-state index < -0.39 is 11.9 Å². The van der Waals surface area contributed by atoms with Gasteiger partial charge in [-0.2, -0.15) is 0 Å². The Morgan fingerprint density at radius 3 is 1.08 bits per heavy atom. The van der Waals surface area contributed by atoms with Crippen LogP contribution in [0.15, 0.2) is 11.6 Å². The summed E-state index contributed by atoms with van der Waals surface area (Å²) < 4.78 is 0. The molecule has 0 amide bonds. The molecule has 0 atom stereocenters. The summed E-state index contributed by atoms with van der Waals surface area (Å²) >= 11 is 0. The zero-order chi connectivity index (χ0) is 26.5. The number of carboxylic acid groups (broad SMARTS) is 2. The summed E-state index contributed by atoms with van der Waals surface area (Å²) in [6.45, 7) is 2.27. The first kappa shape index (κ1) is 34.7. The lowest BCUT2D eigenvalue weighted by Crippen LogP contribution is -1.93. The zero-order valence-corrected chi connectivity index (χ0v) is 23.9. The summed E-state index contributed by atoms with van der Waals surface area (Å²) in [5, 5.41) is 17.4. The Hall–Kier alpha value is -1.32. The van der Waals surface area contributed by atoms with Crippen LogP contribution in [0.3, 0.4) is 0 Å². The molecule has 212 valence electrons. The molecule has 0 fully saturated rings. The molecule has 2 N–H and O–H groups in total. The molecular weight excluding hydrogens is 448 g/mol. The summed E-state index contributed by atoms with van der Waals surface area (Å²) in [4.78, 5) is 21.1. The smallest absolute Gasteiger partial charge is 0.303 e. The third-order valence-electron chi connectivity index (χ3n) is 7.27. The van der Waals surface area contributed by atoms with Gasteiger partial charge in [0, 0.05) is 12.8 Å². The van der Waals surface area contributed by atoms with Gasteiger partial charge in [-0.05, 0) is 51.4 Å². The minimum absolute atomic E-state index is 0.320. The van der Waals surface area contributed by atoms with Gasteiger partial charge >= 0.3 is 11.9 Å². The van der Waals surface area contributed by atoms with E-state index in [0.717, 1.165) is 25.7 Å². The monoisotopic (exact) mass is 508 g/mol. The number of aliphatic carboxylic acids is 2. The molecule has 0 aliphatic heterocycles. The summed E-state index contributed by atoms with van der Waals surface area (Å²) in [6, 6.07) is 0. The maximum Gasteiger partial charge on any atom is 0.303 e. The average molecular weight is 509 g/mol. The van der Waals surface area contributed by atoms with Crippen LogP contribution in [-0.2, 0) is 9.59 Å². The minimum Gasteiger partial charge on any atom is -0.481 e. The average Bonchev–Trinajstić information content (AvgIpc) is 2.84. The van der Waals surface area contributed by atoms with Crippen LogP contribution in [0.5, 0.6) is 0 Å². The van der Waals surface area contributed by atoms with Gasteiger partial charge in [-0.15, -0.1) is 0 Å². The molecule has 0 heterocycles. The van der Waals surface area contributed by atoms with Gasteiger partial charge in [0.1, 0.15) is 0 Å². The van der Waals surface area contributed by atoms with Crippen molar-refractivity contribution in [2.45, 2.75) is 180 Å². The summed E-state index contributed by atoms with van der Waals surface area (Å²) in [5.74, 6) is -1.33. The summed E-state index contributed by atoms with van der Waals surface area (Å²) in [5.41, 5.74) is 1.68. The molecule has 0 aromatic carbocycles. The third-order valence-corrected chi connectivity index (χ3v) is 7.27. The first-order valence-corrected chi connectivity index (χ1v) is 15.7. The van der Waals surface area contributed by atoms with E-state index in [-0.39, 0.29) is 0 Å². The van der Waals surface area contributed by atoms with Crippen LogP contribution in [0.4, 0.5) is 0 Å².